The molecule has 0 spiro atoms. The van der Waals surface area contributed by atoms with E-state index in [0.717, 1.165) is 12.1 Å². The van der Waals surface area contributed by atoms with E-state index in [0.29, 0.717) is 0 Å². The predicted molar refractivity (Wildman–Crippen MR) is 59.0 cm³/mol. The summed E-state index contributed by atoms with van der Waals surface area (Å²) < 4.78 is 28.1. The Morgan fingerprint density at radius 3 is 2.56 bits per heavy atom. The summed E-state index contributed by atoms with van der Waals surface area (Å²) in [6.07, 6.45) is 0. The van der Waals surface area contributed by atoms with Gasteiger partial charge >= 0.3 is 12.3 Å². The number of nitro groups is 1. The van der Waals surface area contributed by atoms with Crippen molar-refractivity contribution in [3.8, 4) is 5.75 Å². The van der Waals surface area contributed by atoms with Gasteiger partial charge < -0.3 is 4.74 Å². The van der Waals surface area contributed by atoms with Gasteiger partial charge in [0.25, 0.3) is 0 Å². The van der Waals surface area contributed by atoms with Crippen LogP contribution in [0.25, 0.3) is 0 Å². The molecule has 1 atom stereocenters. The molecule has 1 aromatic carbocycles. The van der Waals surface area contributed by atoms with Gasteiger partial charge in [-0.1, -0.05) is 6.07 Å². The van der Waals surface area contributed by atoms with E-state index in [1.165, 1.54) is 13.0 Å². The van der Waals surface area contributed by atoms with E-state index in [2.05, 4.69) is 4.74 Å². The predicted octanol–water partition coefficient (Wildman–Crippen LogP) is 3.07. The molecule has 0 aromatic heterocycles. The minimum absolute atomic E-state index is 0.150. The van der Waals surface area contributed by atoms with E-state index < -0.39 is 34.1 Å². The van der Waals surface area contributed by atoms with Gasteiger partial charge in [-0.3, -0.25) is 14.9 Å². The first kappa shape index (κ1) is 14.3. The van der Waals surface area contributed by atoms with Crippen molar-refractivity contribution >= 4 is 23.1 Å². The van der Waals surface area contributed by atoms with Gasteiger partial charge in [-0.2, -0.15) is 8.78 Å². The molecule has 5 nitrogen and oxygen atoms in total. The van der Waals surface area contributed by atoms with Crippen LogP contribution in [0.5, 0.6) is 5.75 Å². The Bertz CT molecular complexity index is 481. The number of carbonyl (C=O) groups is 1. The van der Waals surface area contributed by atoms with Crippen LogP contribution in [-0.2, 0) is 4.79 Å². The molecule has 0 N–H and O–H groups in total. The fraction of sp³-hybridized carbons (Fsp3) is 0.300. The molecule has 1 aromatic rings. The second kappa shape index (κ2) is 5.72. The number of carbonyl (C=O) groups excluding carboxylic acids is 1. The lowest BCUT2D eigenvalue weighted by molar-refractivity contribution is -0.386. The summed E-state index contributed by atoms with van der Waals surface area (Å²) in [6, 6.07) is 3.15. The monoisotopic (exact) mass is 279 g/mol. The molecule has 98 valence electrons. The number of ether oxygens (including phenoxy) is 1. The zero-order valence-corrected chi connectivity index (χ0v) is 9.86. The maximum absolute atomic E-state index is 12.0. The van der Waals surface area contributed by atoms with E-state index in [9.17, 15) is 23.7 Å². The Labute approximate surface area is 105 Å². The molecule has 0 amide bonds. The smallest absolute Gasteiger partial charge is 0.387 e. The summed E-state index contributed by atoms with van der Waals surface area (Å²) in [5.41, 5.74) is -0.516. The summed E-state index contributed by atoms with van der Waals surface area (Å²) in [5, 5.41) is 9.64. The number of hydrogen-bond donors (Lipinski definition) is 0. The number of hydrogen-bond acceptors (Lipinski definition) is 4. The highest BCUT2D eigenvalue weighted by molar-refractivity contribution is 6.30. The fourth-order valence-electron chi connectivity index (χ4n) is 1.27. The molecule has 0 saturated carbocycles. The average molecular weight is 280 g/mol. The highest BCUT2D eigenvalue weighted by Crippen LogP contribution is 2.33. The van der Waals surface area contributed by atoms with Crippen molar-refractivity contribution < 1.29 is 23.2 Å². The first-order valence-corrected chi connectivity index (χ1v) is 5.14. The molecular weight excluding hydrogens is 272 g/mol. The van der Waals surface area contributed by atoms with Crippen LogP contribution in [0.3, 0.4) is 0 Å². The Balaban J connectivity index is 3.18. The van der Waals surface area contributed by atoms with Gasteiger partial charge in [-0.05, 0) is 18.6 Å². The largest absolute Gasteiger partial charge is 0.427 e. The second-order valence-electron chi connectivity index (χ2n) is 3.34. The summed E-state index contributed by atoms with van der Waals surface area (Å²) in [4.78, 5) is 20.9. The Morgan fingerprint density at radius 1 is 1.50 bits per heavy atom. The fourth-order valence-corrected chi connectivity index (χ4v) is 1.40. The number of alkyl halides is 3. The number of nitrogens with zero attached hydrogens (tertiary/aromatic N) is 1. The molecule has 0 aliphatic rings. The third-order valence-electron chi connectivity index (χ3n) is 2.05. The zero-order valence-electron chi connectivity index (χ0n) is 9.10. The number of ketones is 1. The normalized spacial score (nSPS) is 12.3. The highest BCUT2D eigenvalue weighted by Gasteiger charge is 2.22. The van der Waals surface area contributed by atoms with E-state index in [-0.39, 0.29) is 5.56 Å². The Morgan fingerprint density at radius 2 is 2.11 bits per heavy atom. The maximum atomic E-state index is 12.0. The number of Topliss-reactive ketones (excluding diaryl/α,β-unsaturated/α-hetero) is 1. The molecule has 0 radical (unpaired) electrons. The van der Waals surface area contributed by atoms with Crippen molar-refractivity contribution in [1.82, 2.24) is 0 Å². The summed E-state index contributed by atoms with van der Waals surface area (Å²) in [7, 11) is 0. The third kappa shape index (κ3) is 3.36. The standard InChI is InChI=1S/C10H8ClF2NO4/c1-5(15)9(11)6-2-3-8(18-10(12)13)7(4-6)14(16)17/h2-4,9-10H,1H3. The van der Waals surface area contributed by atoms with Gasteiger partial charge in [0.05, 0.1) is 4.92 Å². The van der Waals surface area contributed by atoms with Crippen LogP contribution < -0.4 is 4.74 Å². The van der Waals surface area contributed by atoms with Gasteiger partial charge in [-0.15, -0.1) is 11.6 Å². The second-order valence-corrected chi connectivity index (χ2v) is 3.77. The van der Waals surface area contributed by atoms with Gasteiger partial charge in [0.2, 0.25) is 5.75 Å². The van der Waals surface area contributed by atoms with Crippen molar-refractivity contribution in [3.63, 3.8) is 0 Å². The van der Waals surface area contributed by atoms with Gasteiger partial charge in [-0.25, -0.2) is 0 Å². The number of halogens is 3. The van der Waals surface area contributed by atoms with E-state index >= 15 is 0 Å². The lowest BCUT2D eigenvalue weighted by atomic mass is 10.1. The van der Waals surface area contributed by atoms with Crippen molar-refractivity contribution in [3.05, 3.63) is 33.9 Å². The Kier molecular flexibility index (Phi) is 4.55. The third-order valence-corrected chi connectivity index (χ3v) is 2.60. The maximum Gasteiger partial charge on any atom is 0.387 e. The van der Waals surface area contributed by atoms with Crippen LogP contribution in [0.2, 0.25) is 0 Å². The van der Waals surface area contributed by atoms with Crippen molar-refractivity contribution in [2.45, 2.75) is 18.9 Å². The molecule has 8 heteroatoms. The van der Waals surface area contributed by atoms with Crippen LogP contribution in [0, 0.1) is 10.1 Å². The van der Waals surface area contributed by atoms with Crippen LogP contribution >= 0.6 is 11.6 Å². The molecule has 0 aliphatic carbocycles. The molecule has 1 unspecified atom stereocenters. The molecule has 0 bridgehead atoms. The molecule has 0 aliphatic heterocycles. The number of benzene rings is 1. The summed E-state index contributed by atoms with van der Waals surface area (Å²) >= 11 is 5.71. The molecule has 0 saturated heterocycles. The summed E-state index contributed by atoms with van der Waals surface area (Å²) in [5.74, 6) is -0.986. The van der Waals surface area contributed by atoms with Crippen molar-refractivity contribution in [2.24, 2.45) is 0 Å². The minimum Gasteiger partial charge on any atom is -0.427 e. The van der Waals surface area contributed by atoms with Crippen LogP contribution in [-0.4, -0.2) is 17.3 Å². The number of rotatable bonds is 5. The van der Waals surface area contributed by atoms with Gasteiger partial charge in [0, 0.05) is 6.07 Å². The Hall–Kier alpha value is -1.76. The van der Waals surface area contributed by atoms with Crippen LogP contribution in [0.15, 0.2) is 18.2 Å². The highest BCUT2D eigenvalue weighted by atomic mass is 35.5. The van der Waals surface area contributed by atoms with Crippen LogP contribution in [0.1, 0.15) is 17.9 Å². The van der Waals surface area contributed by atoms with Gasteiger partial charge in [0.1, 0.15) is 5.38 Å². The lowest BCUT2D eigenvalue weighted by Crippen LogP contribution is -2.06. The van der Waals surface area contributed by atoms with E-state index in [4.69, 9.17) is 11.6 Å². The minimum atomic E-state index is -3.17. The first-order chi connectivity index (χ1) is 8.32. The van der Waals surface area contributed by atoms with E-state index in [1.807, 2.05) is 0 Å². The van der Waals surface area contributed by atoms with Crippen LogP contribution in [0.4, 0.5) is 14.5 Å². The molecule has 18 heavy (non-hydrogen) atoms. The van der Waals surface area contributed by atoms with Gasteiger partial charge in [0.15, 0.2) is 5.78 Å². The first-order valence-electron chi connectivity index (χ1n) is 4.70. The quantitative estimate of drug-likeness (QED) is 0.472. The van der Waals surface area contributed by atoms with Crippen molar-refractivity contribution in [1.29, 1.82) is 0 Å². The van der Waals surface area contributed by atoms with E-state index in [1.54, 1.807) is 0 Å². The topological polar surface area (TPSA) is 69.4 Å². The number of nitro benzene ring substituents is 1. The zero-order chi connectivity index (χ0) is 13.9. The molecule has 0 fully saturated rings. The lowest BCUT2D eigenvalue weighted by Gasteiger charge is -2.09. The molecular formula is C10H8ClF2NO4. The molecule has 1 rings (SSSR count). The van der Waals surface area contributed by atoms with Crippen molar-refractivity contribution in [2.75, 3.05) is 0 Å². The SMILES string of the molecule is CC(=O)C(Cl)c1ccc(OC(F)F)c([N+](=O)[O-])c1. The summed E-state index contributed by atoms with van der Waals surface area (Å²) in [6.45, 7) is -1.96. The molecule has 0 heterocycles. The average Bonchev–Trinajstić information content (AvgIpc) is 2.27.